The lowest BCUT2D eigenvalue weighted by Gasteiger charge is -2.46. The van der Waals surface area contributed by atoms with Gasteiger partial charge in [0.25, 0.3) is 5.56 Å². The van der Waals surface area contributed by atoms with Crippen LogP contribution in [0.25, 0.3) is 10.9 Å². The van der Waals surface area contributed by atoms with Gasteiger partial charge in [0.1, 0.15) is 0 Å². The van der Waals surface area contributed by atoms with E-state index in [1.807, 2.05) is 0 Å². The first-order chi connectivity index (χ1) is 12.0. The Bertz CT molecular complexity index is 843. The monoisotopic (exact) mass is 340 g/mol. The quantitative estimate of drug-likeness (QED) is 0.901. The minimum atomic E-state index is 0.0580. The van der Waals surface area contributed by atoms with Gasteiger partial charge in [-0.3, -0.25) is 14.6 Å². The Labute approximate surface area is 149 Å². The molecule has 2 saturated heterocycles. The molecule has 1 atom stereocenters. The topological polar surface area (TPSA) is 42.6 Å². The first-order valence-electron chi connectivity index (χ1n) is 9.28. The van der Waals surface area contributed by atoms with Crippen LogP contribution in [-0.2, 0) is 6.54 Å². The summed E-state index contributed by atoms with van der Waals surface area (Å²) < 4.78 is 0. The minimum Gasteiger partial charge on any atom is -0.321 e. The third-order valence-electron chi connectivity index (χ3n) is 5.74. The van der Waals surface area contributed by atoms with Crippen LogP contribution in [0.1, 0.15) is 16.7 Å². The molecular weight excluding hydrogens is 312 g/mol. The average molecular weight is 340 g/mol. The van der Waals surface area contributed by atoms with Crippen molar-refractivity contribution >= 4 is 10.9 Å². The number of benzene rings is 1. The van der Waals surface area contributed by atoms with Crippen molar-refractivity contribution in [3.8, 4) is 0 Å². The van der Waals surface area contributed by atoms with Gasteiger partial charge in [0, 0.05) is 57.4 Å². The zero-order chi connectivity index (χ0) is 17.6. The number of fused-ring (bicyclic) bond motifs is 2. The van der Waals surface area contributed by atoms with Gasteiger partial charge >= 0.3 is 0 Å². The molecule has 4 rings (SSSR count). The molecule has 134 valence electrons. The average Bonchev–Trinajstić information content (AvgIpc) is 2.56. The smallest absolute Gasteiger partial charge is 0.252 e. The van der Waals surface area contributed by atoms with E-state index < -0.39 is 0 Å². The van der Waals surface area contributed by atoms with Crippen molar-refractivity contribution in [1.29, 1.82) is 0 Å². The molecule has 2 aliphatic rings. The van der Waals surface area contributed by atoms with Crippen LogP contribution in [0.4, 0.5) is 0 Å². The second-order valence-electron chi connectivity index (χ2n) is 7.86. The molecule has 0 amide bonds. The molecule has 0 aliphatic carbocycles. The molecule has 0 saturated carbocycles. The zero-order valence-electron chi connectivity index (χ0n) is 15.5. The van der Waals surface area contributed by atoms with Gasteiger partial charge in [0.05, 0.1) is 5.52 Å². The van der Waals surface area contributed by atoms with Crippen LogP contribution >= 0.6 is 0 Å². The Morgan fingerprint density at radius 3 is 2.72 bits per heavy atom. The third kappa shape index (κ3) is 3.36. The van der Waals surface area contributed by atoms with Crippen molar-refractivity contribution in [3.63, 3.8) is 0 Å². The number of hydrogen-bond donors (Lipinski definition) is 1. The fourth-order valence-corrected chi connectivity index (χ4v) is 4.41. The van der Waals surface area contributed by atoms with E-state index in [2.05, 4.69) is 58.8 Å². The molecule has 5 heteroatoms. The summed E-state index contributed by atoms with van der Waals surface area (Å²) in [6.07, 6.45) is 0. The Hall–Kier alpha value is -1.69. The molecule has 25 heavy (non-hydrogen) atoms. The van der Waals surface area contributed by atoms with E-state index in [0.29, 0.717) is 6.04 Å². The van der Waals surface area contributed by atoms with E-state index in [0.717, 1.165) is 54.8 Å². The fourth-order valence-electron chi connectivity index (χ4n) is 4.41. The summed E-state index contributed by atoms with van der Waals surface area (Å²) in [6, 6.07) is 6.97. The highest BCUT2D eigenvalue weighted by Gasteiger charge is 2.30. The molecule has 2 aromatic rings. The van der Waals surface area contributed by atoms with Gasteiger partial charge in [-0.15, -0.1) is 0 Å². The maximum Gasteiger partial charge on any atom is 0.252 e. The number of likely N-dealkylation sites (N-methyl/N-ethyl adjacent to an activating group) is 1. The van der Waals surface area contributed by atoms with Crippen molar-refractivity contribution in [2.45, 2.75) is 26.4 Å². The summed E-state index contributed by atoms with van der Waals surface area (Å²) in [4.78, 5) is 23.1. The molecule has 0 bridgehead atoms. The molecule has 5 nitrogen and oxygen atoms in total. The minimum absolute atomic E-state index is 0.0580. The normalized spacial score (nSPS) is 23.1. The highest BCUT2D eigenvalue weighted by atomic mass is 16.1. The van der Waals surface area contributed by atoms with Gasteiger partial charge in [-0.05, 0) is 44.0 Å². The summed E-state index contributed by atoms with van der Waals surface area (Å²) in [5, 5.41) is 1.14. The number of piperazine rings is 2. The van der Waals surface area contributed by atoms with Crippen molar-refractivity contribution in [3.05, 3.63) is 45.2 Å². The lowest BCUT2D eigenvalue weighted by molar-refractivity contribution is 0.0174. The number of nitrogens with one attached hydrogen (secondary N) is 1. The van der Waals surface area contributed by atoms with Crippen molar-refractivity contribution < 1.29 is 0 Å². The van der Waals surface area contributed by atoms with Crippen LogP contribution in [0.5, 0.6) is 0 Å². The zero-order valence-corrected chi connectivity index (χ0v) is 15.5. The van der Waals surface area contributed by atoms with Gasteiger partial charge in [-0.1, -0.05) is 11.6 Å². The highest BCUT2D eigenvalue weighted by molar-refractivity contribution is 5.82. The number of aromatic amines is 1. The molecule has 1 aromatic carbocycles. The number of aryl methyl sites for hydroxylation is 2. The van der Waals surface area contributed by atoms with Crippen LogP contribution in [0.3, 0.4) is 0 Å². The lowest BCUT2D eigenvalue weighted by Crippen LogP contribution is -2.61. The summed E-state index contributed by atoms with van der Waals surface area (Å²) in [5.41, 5.74) is 4.29. The summed E-state index contributed by atoms with van der Waals surface area (Å²) in [5.74, 6) is 0. The number of H-pyrrole nitrogens is 1. The summed E-state index contributed by atoms with van der Waals surface area (Å²) in [7, 11) is 2.20. The van der Waals surface area contributed by atoms with Crippen molar-refractivity contribution in [2.24, 2.45) is 0 Å². The Morgan fingerprint density at radius 1 is 1.08 bits per heavy atom. The van der Waals surface area contributed by atoms with E-state index in [1.54, 1.807) is 0 Å². The van der Waals surface area contributed by atoms with E-state index in [1.165, 1.54) is 18.7 Å². The third-order valence-corrected chi connectivity index (χ3v) is 5.74. The fraction of sp³-hybridized carbons (Fsp3) is 0.550. The first kappa shape index (κ1) is 16.8. The molecule has 2 fully saturated rings. The first-order valence-corrected chi connectivity index (χ1v) is 9.28. The number of aromatic nitrogens is 1. The number of hydrogen-bond acceptors (Lipinski definition) is 4. The van der Waals surface area contributed by atoms with E-state index in [-0.39, 0.29) is 5.56 Å². The Balaban J connectivity index is 1.56. The number of rotatable bonds is 2. The van der Waals surface area contributed by atoms with Crippen LogP contribution in [0.15, 0.2) is 23.0 Å². The summed E-state index contributed by atoms with van der Waals surface area (Å²) >= 11 is 0. The van der Waals surface area contributed by atoms with Crippen LogP contribution in [0, 0.1) is 13.8 Å². The van der Waals surface area contributed by atoms with Crippen LogP contribution in [0.2, 0.25) is 0 Å². The Morgan fingerprint density at radius 2 is 1.88 bits per heavy atom. The van der Waals surface area contributed by atoms with Gasteiger partial charge in [-0.25, -0.2) is 0 Å². The van der Waals surface area contributed by atoms with Gasteiger partial charge < -0.3 is 9.88 Å². The standard InChI is InChI=1S/C20H28N4O/c1-14-8-15(2)19-16(9-14)10-17(20(25)21-19)11-23-5-7-24-6-4-22(3)12-18(24)13-23/h8-10,18H,4-7,11-13H2,1-3H3,(H,21,25)/t18-/m0/s1. The Kier molecular flexibility index (Phi) is 4.40. The molecule has 0 radical (unpaired) electrons. The van der Waals surface area contributed by atoms with Crippen molar-refractivity contribution in [1.82, 2.24) is 19.7 Å². The second kappa shape index (κ2) is 6.56. The van der Waals surface area contributed by atoms with Crippen molar-refractivity contribution in [2.75, 3.05) is 46.3 Å². The lowest BCUT2D eigenvalue weighted by atomic mass is 10.0. The maximum absolute atomic E-state index is 12.6. The molecule has 0 unspecified atom stereocenters. The largest absolute Gasteiger partial charge is 0.321 e. The van der Waals surface area contributed by atoms with Crippen LogP contribution < -0.4 is 5.56 Å². The molecule has 1 aromatic heterocycles. The number of pyridine rings is 1. The van der Waals surface area contributed by atoms with Crippen LogP contribution in [-0.4, -0.2) is 72.0 Å². The molecule has 3 heterocycles. The molecule has 0 spiro atoms. The predicted octanol–water partition coefficient (Wildman–Crippen LogP) is 1.58. The second-order valence-corrected chi connectivity index (χ2v) is 7.86. The summed E-state index contributed by atoms with van der Waals surface area (Å²) in [6.45, 7) is 11.6. The predicted molar refractivity (Wildman–Crippen MR) is 102 cm³/mol. The van der Waals surface area contributed by atoms with Gasteiger partial charge in [-0.2, -0.15) is 0 Å². The van der Waals surface area contributed by atoms with Gasteiger partial charge in [0.2, 0.25) is 0 Å². The van der Waals surface area contributed by atoms with Gasteiger partial charge in [0.15, 0.2) is 0 Å². The number of nitrogens with zero attached hydrogens (tertiary/aromatic N) is 3. The highest BCUT2D eigenvalue weighted by Crippen LogP contribution is 2.20. The SMILES string of the molecule is Cc1cc(C)c2[nH]c(=O)c(CN3CCN4CCN(C)C[C@H]4C3)cc2c1. The molecule has 1 N–H and O–H groups in total. The maximum atomic E-state index is 12.6. The molecule has 2 aliphatic heterocycles. The van der Waals surface area contributed by atoms with E-state index in [9.17, 15) is 4.79 Å². The molecular formula is C20H28N4O. The van der Waals surface area contributed by atoms with E-state index >= 15 is 0 Å². The van der Waals surface area contributed by atoms with E-state index in [4.69, 9.17) is 0 Å².